The molecule has 4 N–H and O–H groups in total. The molecule has 1 atom stereocenters. The summed E-state index contributed by atoms with van der Waals surface area (Å²) in [5.41, 5.74) is 6.70. The lowest BCUT2D eigenvalue weighted by molar-refractivity contribution is -0.117. The van der Waals surface area contributed by atoms with Gasteiger partial charge in [-0.1, -0.05) is 23.7 Å². The van der Waals surface area contributed by atoms with Crippen LogP contribution >= 0.6 is 11.6 Å². The number of benzene rings is 1. The zero-order chi connectivity index (χ0) is 14.5. The Morgan fingerprint density at radius 3 is 2.70 bits per heavy atom. The summed E-state index contributed by atoms with van der Waals surface area (Å²) in [6, 6.07) is 9.12. The molecular formula is C14H14ClN3O2. The Morgan fingerprint density at radius 2 is 2.05 bits per heavy atom. The third-order valence-electron chi connectivity index (χ3n) is 2.73. The first-order valence-corrected chi connectivity index (χ1v) is 6.39. The van der Waals surface area contributed by atoms with Crippen LogP contribution in [0.1, 0.15) is 5.56 Å². The van der Waals surface area contributed by atoms with Crippen molar-refractivity contribution in [3.8, 4) is 5.75 Å². The average Bonchev–Trinajstić information content (AvgIpc) is 2.44. The number of phenols is 1. The lowest BCUT2D eigenvalue weighted by Crippen LogP contribution is -2.37. The molecule has 2 aromatic rings. The number of hydrogen-bond acceptors (Lipinski definition) is 4. The number of nitrogens with one attached hydrogen (secondary N) is 1. The highest BCUT2D eigenvalue weighted by Gasteiger charge is 2.15. The van der Waals surface area contributed by atoms with Gasteiger partial charge in [-0.15, -0.1) is 0 Å². The molecule has 0 unspecified atom stereocenters. The highest BCUT2D eigenvalue weighted by Crippen LogP contribution is 2.17. The summed E-state index contributed by atoms with van der Waals surface area (Å²) in [4.78, 5) is 15.9. The molecule has 1 aromatic heterocycles. The van der Waals surface area contributed by atoms with Gasteiger partial charge in [0.25, 0.3) is 0 Å². The van der Waals surface area contributed by atoms with E-state index in [1.54, 1.807) is 36.4 Å². The van der Waals surface area contributed by atoms with E-state index in [2.05, 4.69) is 10.3 Å². The number of carbonyl (C=O) groups is 1. The lowest BCUT2D eigenvalue weighted by Gasteiger charge is -2.12. The summed E-state index contributed by atoms with van der Waals surface area (Å²) < 4.78 is 0. The Bertz CT molecular complexity index is 602. The number of carbonyl (C=O) groups excluding carboxylic acids is 1. The van der Waals surface area contributed by atoms with Crippen LogP contribution in [0.15, 0.2) is 42.6 Å². The SMILES string of the molecule is N[C@H](Cc1ccc(O)cc1)C(=O)Nc1ncccc1Cl. The van der Waals surface area contributed by atoms with E-state index in [1.165, 1.54) is 6.20 Å². The van der Waals surface area contributed by atoms with E-state index in [0.717, 1.165) is 5.56 Å². The highest BCUT2D eigenvalue weighted by atomic mass is 35.5. The number of rotatable bonds is 4. The van der Waals surface area contributed by atoms with Crippen molar-refractivity contribution in [2.45, 2.75) is 12.5 Å². The summed E-state index contributed by atoms with van der Waals surface area (Å²) in [7, 11) is 0. The fourth-order valence-electron chi connectivity index (χ4n) is 1.67. The first-order chi connectivity index (χ1) is 9.56. The van der Waals surface area contributed by atoms with Crippen LogP contribution in [-0.4, -0.2) is 22.0 Å². The van der Waals surface area contributed by atoms with Crippen molar-refractivity contribution in [3.63, 3.8) is 0 Å². The first kappa shape index (κ1) is 14.3. The molecule has 0 bridgehead atoms. The largest absolute Gasteiger partial charge is 0.508 e. The van der Waals surface area contributed by atoms with E-state index in [1.807, 2.05) is 0 Å². The maximum Gasteiger partial charge on any atom is 0.242 e. The second-order valence-corrected chi connectivity index (χ2v) is 4.71. The summed E-state index contributed by atoms with van der Waals surface area (Å²) >= 11 is 5.90. The minimum absolute atomic E-state index is 0.173. The van der Waals surface area contributed by atoms with Crippen molar-refractivity contribution in [1.82, 2.24) is 4.98 Å². The molecule has 0 saturated heterocycles. The second-order valence-electron chi connectivity index (χ2n) is 4.30. The van der Waals surface area contributed by atoms with E-state index in [4.69, 9.17) is 17.3 Å². The molecule has 104 valence electrons. The summed E-state index contributed by atoms with van der Waals surface area (Å²) in [6.07, 6.45) is 1.89. The van der Waals surface area contributed by atoms with Crippen molar-refractivity contribution in [2.24, 2.45) is 5.73 Å². The summed E-state index contributed by atoms with van der Waals surface area (Å²) in [6.45, 7) is 0. The molecule has 6 heteroatoms. The second kappa shape index (κ2) is 6.36. The number of aromatic nitrogens is 1. The van der Waals surface area contributed by atoms with Gasteiger partial charge in [0.2, 0.25) is 5.91 Å². The van der Waals surface area contributed by atoms with Crippen LogP contribution in [0.4, 0.5) is 5.82 Å². The van der Waals surface area contributed by atoms with E-state index < -0.39 is 6.04 Å². The lowest BCUT2D eigenvalue weighted by atomic mass is 10.1. The van der Waals surface area contributed by atoms with Gasteiger partial charge in [-0.3, -0.25) is 4.79 Å². The number of pyridine rings is 1. The minimum Gasteiger partial charge on any atom is -0.508 e. The number of halogens is 1. The van der Waals surface area contributed by atoms with Crippen LogP contribution in [0.3, 0.4) is 0 Å². The monoisotopic (exact) mass is 291 g/mol. The van der Waals surface area contributed by atoms with Crippen LogP contribution in [-0.2, 0) is 11.2 Å². The van der Waals surface area contributed by atoms with Crippen LogP contribution in [0.5, 0.6) is 5.75 Å². The fraction of sp³-hybridized carbons (Fsp3) is 0.143. The molecule has 0 fully saturated rings. The normalized spacial score (nSPS) is 11.9. The Hall–Kier alpha value is -2.11. The molecule has 0 aliphatic heterocycles. The van der Waals surface area contributed by atoms with Gasteiger partial charge in [-0.25, -0.2) is 4.98 Å². The Labute approximate surface area is 121 Å². The number of aromatic hydroxyl groups is 1. The predicted molar refractivity (Wildman–Crippen MR) is 77.7 cm³/mol. The molecule has 1 heterocycles. The van der Waals surface area contributed by atoms with Crippen molar-refractivity contribution in [3.05, 3.63) is 53.2 Å². The van der Waals surface area contributed by atoms with Gasteiger partial charge in [-0.05, 0) is 36.2 Å². The Kier molecular flexibility index (Phi) is 4.55. The molecule has 1 amide bonds. The zero-order valence-corrected chi connectivity index (χ0v) is 11.3. The molecular weight excluding hydrogens is 278 g/mol. The third-order valence-corrected chi connectivity index (χ3v) is 3.03. The average molecular weight is 292 g/mol. The Morgan fingerprint density at radius 1 is 1.35 bits per heavy atom. The molecule has 0 saturated carbocycles. The Balaban J connectivity index is 1.99. The maximum atomic E-state index is 12.0. The molecule has 20 heavy (non-hydrogen) atoms. The maximum absolute atomic E-state index is 12.0. The van der Waals surface area contributed by atoms with Gasteiger partial charge in [0, 0.05) is 6.20 Å². The number of nitrogens with zero attached hydrogens (tertiary/aromatic N) is 1. The molecule has 0 radical (unpaired) electrons. The summed E-state index contributed by atoms with van der Waals surface area (Å²) in [5, 5.41) is 12.1. The smallest absolute Gasteiger partial charge is 0.242 e. The topological polar surface area (TPSA) is 88.2 Å². The van der Waals surface area contributed by atoms with Gasteiger partial charge >= 0.3 is 0 Å². The molecule has 0 spiro atoms. The van der Waals surface area contributed by atoms with Gasteiger partial charge in [0.05, 0.1) is 11.1 Å². The molecule has 2 rings (SSSR count). The molecule has 5 nitrogen and oxygen atoms in total. The van der Waals surface area contributed by atoms with E-state index in [-0.39, 0.29) is 11.7 Å². The van der Waals surface area contributed by atoms with E-state index in [9.17, 15) is 9.90 Å². The number of phenolic OH excluding ortho intramolecular Hbond substituents is 1. The van der Waals surface area contributed by atoms with Gasteiger partial charge in [-0.2, -0.15) is 0 Å². The van der Waals surface area contributed by atoms with E-state index in [0.29, 0.717) is 17.3 Å². The standard InChI is InChI=1S/C14H14ClN3O2/c15-11-2-1-7-17-13(11)18-14(20)12(16)8-9-3-5-10(19)6-4-9/h1-7,12,19H,8,16H2,(H,17,18,20)/t12-/m1/s1. The number of nitrogens with two attached hydrogens (primary N) is 1. The van der Waals surface area contributed by atoms with Crippen molar-refractivity contribution in [1.29, 1.82) is 0 Å². The summed E-state index contributed by atoms with van der Waals surface area (Å²) in [5.74, 6) is 0.103. The number of anilines is 1. The van der Waals surface area contributed by atoms with Crippen molar-refractivity contribution in [2.75, 3.05) is 5.32 Å². The first-order valence-electron chi connectivity index (χ1n) is 6.01. The van der Waals surface area contributed by atoms with Gasteiger partial charge in [0.1, 0.15) is 5.75 Å². The third kappa shape index (κ3) is 3.69. The van der Waals surface area contributed by atoms with Gasteiger partial charge in [0.15, 0.2) is 5.82 Å². The van der Waals surface area contributed by atoms with Crippen molar-refractivity contribution >= 4 is 23.3 Å². The zero-order valence-electron chi connectivity index (χ0n) is 10.6. The quantitative estimate of drug-likeness (QED) is 0.803. The van der Waals surface area contributed by atoms with Gasteiger partial charge < -0.3 is 16.2 Å². The fourth-order valence-corrected chi connectivity index (χ4v) is 1.83. The number of amides is 1. The molecule has 0 aliphatic carbocycles. The van der Waals surface area contributed by atoms with Crippen molar-refractivity contribution < 1.29 is 9.90 Å². The molecule has 0 aliphatic rings. The predicted octanol–water partition coefficient (Wildman–Crippen LogP) is 1.95. The molecule has 1 aromatic carbocycles. The highest BCUT2D eigenvalue weighted by molar-refractivity contribution is 6.33. The number of hydrogen-bond donors (Lipinski definition) is 3. The van der Waals surface area contributed by atoms with E-state index >= 15 is 0 Å². The van der Waals surface area contributed by atoms with Crippen LogP contribution in [0.25, 0.3) is 0 Å². The van der Waals surface area contributed by atoms with Crippen LogP contribution in [0.2, 0.25) is 5.02 Å². The van der Waals surface area contributed by atoms with Crippen LogP contribution < -0.4 is 11.1 Å². The van der Waals surface area contributed by atoms with Crippen LogP contribution in [0, 0.1) is 0 Å². The minimum atomic E-state index is -0.724.